The lowest BCUT2D eigenvalue weighted by atomic mass is 10.4. The van der Waals surface area contributed by atoms with E-state index in [1.165, 1.54) is 0 Å². The molecule has 0 radical (unpaired) electrons. The Balaban J connectivity index is 0. The van der Waals surface area contributed by atoms with E-state index in [9.17, 15) is 4.79 Å². The Hall–Kier alpha value is -0.570. The first-order valence-corrected chi connectivity index (χ1v) is 5.10. The van der Waals surface area contributed by atoms with Crippen LogP contribution in [0.3, 0.4) is 0 Å². The molecule has 0 atom stereocenters. The summed E-state index contributed by atoms with van der Waals surface area (Å²) in [4.78, 5) is 10.1. The molecule has 3 nitrogen and oxygen atoms in total. The molecule has 3 heteroatoms. The minimum absolute atomic E-state index is 0.204. The van der Waals surface area contributed by atoms with Crippen LogP contribution in [0.2, 0.25) is 0 Å². The van der Waals surface area contributed by atoms with Gasteiger partial charge in [0.25, 0.3) is 0 Å². The smallest absolute Gasteiger partial charge is 0.220 e. The van der Waals surface area contributed by atoms with Gasteiger partial charge in [0.2, 0.25) is 5.91 Å². The summed E-state index contributed by atoms with van der Waals surface area (Å²) in [5.74, 6) is 0.204. The fourth-order valence-corrected chi connectivity index (χ4v) is 0.565. The summed E-state index contributed by atoms with van der Waals surface area (Å²) in [7, 11) is 1.95. The summed E-state index contributed by atoms with van der Waals surface area (Å²) in [5, 5.41) is 5.71. The molecule has 0 aromatic carbocycles. The first-order valence-electron chi connectivity index (χ1n) is 5.10. The Kier molecular flexibility index (Phi) is 13.1. The van der Waals surface area contributed by atoms with Crippen molar-refractivity contribution in [1.82, 2.24) is 10.6 Å². The van der Waals surface area contributed by atoms with E-state index >= 15 is 0 Å². The molecule has 1 rings (SSSR count). The average molecular weight is 188 g/mol. The molecule has 1 aliphatic rings. The molecule has 1 saturated heterocycles. The van der Waals surface area contributed by atoms with Crippen molar-refractivity contribution in [2.75, 3.05) is 13.6 Å². The number of hydrogen-bond donors (Lipinski definition) is 2. The second-order valence-corrected chi connectivity index (χ2v) is 2.90. The van der Waals surface area contributed by atoms with E-state index in [1.807, 2.05) is 20.9 Å². The van der Waals surface area contributed by atoms with Crippen LogP contribution in [0.4, 0.5) is 0 Å². The van der Waals surface area contributed by atoms with E-state index in [4.69, 9.17) is 0 Å². The molecule has 1 aliphatic heterocycles. The first-order chi connectivity index (χ1) is 6.16. The monoisotopic (exact) mass is 188 g/mol. The molecule has 0 spiro atoms. The van der Waals surface area contributed by atoms with Gasteiger partial charge in [-0.2, -0.15) is 0 Å². The molecule has 0 aromatic rings. The summed E-state index contributed by atoms with van der Waals surface area (Å²) < 4.78 is 0. The molecule has 1 fully saturated rings. The van der Waals surface area contributed by atoms with Crippen LogP contribution in [-0.4, -0.2) is 25.5 Å². The van der Waals surface area contributed by atoms with Crippen LogP contribution in [-0.2, 0) is 4.79 Å². The molecular weight excluding hydrogens is 164 g/mol. The quantitative estimate of drug-likeness (QED) is 0.655. The maximum Gasteiger partial charge on any atom is 0.220 e. The normalized spacial score (nSPS) is 13.8. The van der Waals surface area contributed by atoms with Gasteiger partial charge in [-0.1, -0.05) is 27.7 Å². The highest BCUT2D eigenvalue weighted by molar-refractivity contribution is 5.77. The molecule has 0 bridgehead atoms. The van der Waals surface area contributed by atoms with Crippen molar-refractivity contribution < 1.29 is 4.79 Å². The number of carbonyl (C=O) groups excluding carboxylic acids is 1. The van der Waals surface area contributed by atoms with Crippen LogP contribution in [0.5, 0.6) is 0 Å². The fraction of sp³-hybridized carbons (Fsp3) is 0.900. The highest BCUT2D eigenvalue weighted by atomic mass is 16.1. The highest BCUT2D eigenvalue weighted by Crippen LogP contribution is 1.93. The molecule has 0 aliphatic carbocycles. The minimum Gasteiger partial charge on any atom is -0.356 e. The Morgan fingerprint density at radius 1 is 1.38 bits per heavy atom. The van der Waals surface area contributed by atoms with Crippen molar-refractivity contribution >= 4 is 5.91 Å². The third-order valence-electron chi connectivity index (χ3n) is 1.48. The van der Waals surface area contributed by atoms with E-state index in [2.05, 4.69) is 24.5 Å². The van der Waals surface area contributed by atoms with Gasteiger partial charge in [-0.15, -0.1) is 0 Å². The average Bonchev–Trinajstić information content (AvgIpc) is 2.60. The van der Waals surface area contributed by atoms with Gasteiger partial charge in [0.05, 0.1) is 0 Å². The van der Waals surface area contributed by atoms with Gasteiger partial charge in [-0.3, -0.25) is 4.79 Å². The maximum absolute atomic E-state index is 10.1. The van der Waals surface area contributed by atoms with E-state index in [-0.39, 0.29) is 5.91 Å². The molecular formula is C10H24N2O. The maximum atomic E-state index is 10.1. The zero-order chi connectivity index (χ0) is 10.7. The van der Waals surface area contributed by atoms with Gasteiger partial charge < -0.3 is 10.6 Å². The Bertz CT molecular complexity index is 105. The van der Waals surface area contributed by atoms with Gasteiger partial charge in [0.15, 0.2) is 0 Å². The number of nitrogens with one attached hydrogen (secondary N) is 2. The Labute approximate surface area is 82.3 Å². The van der Waals surface area contributed by atoms with Crippen molar-refractivity contribution in [2.24, 2.45) is 0 Å². The third kappa shape index (κ3) is 14.3. The summed E-state index contributed by atoms with van der Waals surface area (Å²) in [6, 6.07) is 0.634. The van der Waals surface area contributed by atoms with Crippen LogP contribution >= 0.6 is 0 Å². The lowest BCUT2D eigenvalue weighted by Crippen LogP contribution is -2.15. The molecule has 0 saturated carbocycles. The standard InChI is InChI=1S/C4H7NO.C4H11N.C2H6/c6-4-2-1-3-5-4;1-4(2)5-3;1-2/h1-3H2,(H,5,6);4-5H,1-3H3;1-2H3. The van der Waals surface area contributed by atoms with Gasteiger partial charge in [-0.25, -0.2) is 0 Å². The molecule has 1 amide bonds. The van der Waals surface area contributed by atoms with Crippen molar-refractivity contribution in [3.8, 4) is 0 Å². The first kappa shape index (κ1) is 14.9. The number of hydrogen-bond acceptors (Lipinski definition) is 2. The Morgan fingerprint density at radius 2 is 1.85 bits per heavy atom. The lowest BCUT2D eigenvalue weighted by molar-refractivity contribution is -0.119. The number of rotatable bonds is 1. The van der Waals surface area contributed by atoms with Gasteiger partial charge >= 0.3 is 0 Å². The highest BCUT2D eigenvalue weighted by Gasteiger charge is 2.05. The van der Waals surface area contributed by atoms with E-state index in [1.54, 1.807) is 0 Å². The number of amides is 1. The SMILES string of the molecule is CC.CNC(C)C.O=C1CCCN1. The second-order valence-electron chi connectivity index (χ2n) is 2.90. The summed E-state index contributed by atoms with van der Waals surface area (Å²) >= 11 is 0. The van der Waals surface area contributed by atoms with Crippen molar-refractivity contribution in [2.45, 2.75) is 46.6 Å². The predicted molar refractivity (Wildman–Crippen MR) is 57.8 cm³/mol. The third-order valence-corrected chi connectivity index (χ3v) is 1.48. The van der Waals surface area contributed by atoms with Crippen LogP contribution in [0.25, 0.3) is 0 Å². The van der Waals surface area contributed by atoms with Crippen LogP contribution in [0.1, 0.15) is 40.5 Å². The topological polar surface area (TPSA) is 41.1 Å². The molecule has 1 heterocycles. The lowest BCUT2D eigenvalue weighted by Gasteiger charge is -1.95. The van der Waals surface area contributed by atoms with Crippen LogP contribution in [0.15, 0.2) is 0 Å². The predicted octanol–water partition coefficient (Wildman–Crippen LogP) is 1.54. The van der Waals surface area contributed by atoms with Gasteiger partial charge in [0, 0.05) is 19.0 Å². The van der Waals surface area contributed by atoms with Crippen molar-refractivity contribution in [3.05, 3.63) is 0 Å². The largest absolute Gasteiger partial charge is 0.356 e. The fourth-order valence-electron chi connectivity index (χ4n) is 0.565. The van der Waals surface area contributed by atoms with Crippen molar-refractivity contribution in [3.63, 3.8) is 0 Å². The zero-order valence-electron chi connectivity index (χ0n) is 9.61. The van der Waals surface area contributed by atoms with Gasteiger partial charge in [-0.05, 0) is 13.5 Å². The molecule has 13 heavy (non-hydrogen) atoms. The van der Waals surface area contributed by atoms with E-state index < -0.39 is 0 Å². The van der Waals surface area contributed by atoms with E-state index in [0.717, 1.165) is 19.4 Å². The summed E-state index contributed by atoms with van der Waals surface area (Å²) in [6.07, 6.45) is 1.76. The molecule has 2 N–H and O–H groups in total. The van der Waals surface area contributed by atoms with Crippen LogP contribution in [0, 0.1) is 0 Å². The van der Waals surface area contributed by atoms with Gasteiger partial charge in [0.1, 0.15) is 0 Å². The molecule has 0 unspecified atom stereocenters. The van der Waals surface area contributed by atoms with Crippen molar-refractivity contribution in [1.29, 1.82) is 0 Å². The summed E-state index contributed by atoms with van der Waals surface area (Å²) in [5.41, 5.74) is 0. The number of carbonyl (C=O) groups is 1. The van der Waals surface area contributed by atoms with Crippen LogP contribution < -0.4 is 10.6 Å². The molecule has 0 aromatic heterocycles. The van der Waals surface area contributed by atoms with E-state index in [0.29, 0.717) is 6.04 Å². The second kappa shape index (κ2) is 11.4. The minimum atomic E-state index is 0.204. The summed E-state index contributed by atoms with van der Waals surface area (Å²) in [6.45, 7) is 9.11. The Morgan fingerprint density at radius 3 is 1.92 bits per heavy atom. The molecule has 80 valence electrons. The zero-order valence-corrected chi connectivity index (χ0v) is 9.61.